The minimum atomic E-state index is -5.81. The largest absolute Gasteiger partial charge is 0.510 e. The number of fused-ring (bicyclic) bond motifs is 3. The van der Waals surface area contributed by atoms with E-state index in [9.17, 15) is 57.3 Å². The predicted octanol–water partition coefficient (Wildman–Crippen LogP) is 6.79. The van der Waals surface area contributed by atoms with E-state index in [1.165, 1.54) is 54.5 Å². The molecule has 10 amide bonds. The van der Waals surface area contributed by atoms with Crippen LogP contribution in [0.5, 0.6) is 0 Å². The number of nitrogens with one attached hydrogen (secondary N) is 4. The monoisotopic (exact) mass is 1440 g/mol. The van der Waals surface area contributed by atoms with E-state index in [2.05, 4.69) is 42.6 Å². The molecule has 2 aromatic carbocycles. The Hall–Kier alpha value is -8.79. The molecule has 29 nitrogen and oxygen atoms in total. The van der Waals surface area contributed by atoms with Crippen molar-refractivity contribution in [1.29, 1.82) is 0 Å². The molecule has 9 rings (SSSR count). The summed E-state index contributed by atoms with van der Waals surface area (Å²) in [5.41, 5.74) is 1.96. The van der Waals surface area contributed by atoms with Gasteiger partial charge in [-0.1, -0.05) is 43.2 Å². The Morgan fingerprint density at radius 1 is 0.820 bits per heavy atom. The molecule has 1 saturated carbocycles. The number of methoxy groups -OCH3 is 1. The minimum Gasteiger partial charge on any atom is -0.453 e. The quantitative estimate of drug-likeness (QED) is 0.0154. The molecular weight excluding hydrogens is 1350 g/mol. The van der Waals surface area contributed by atoms with Crippen LogP contribution in [0.1, 0.15) is 167 Å². The van der Waals surface area contributed by atoms with E-state index in [4.69, 9.17) is 29.0 Å². The summed E-state index contributed by atoms with van der Waals surface area (Å²) in [7, 11) is -4.67. The zero-order valence-corrected chi connectivity index (χ0v) is 57.9. The Labute approximate surface area is 579 Å². The van der Waals surface area contributed by atoms with Gasteiger partial charge in [0.1, 0.15) is 30.2 Å². The lowest BCUT2D eigenvalue weighted by molar-refractivity contribution is -0.144. The fourth-order valence-electron chi connectivity index (χ4n) is 13.4. The first-order valence-corrected chi connectivity index (χ1v) is 35.9. The molecule has 5 aliphatic heterocycles. The van der Waals surface area contributed by atoms with Crippen molar-refractivity contribution >= 4 is 101 Å². The van der Waals surface area contributed by atoms with Crippen molar-refractivity contribution in [3.63, 3.8) is 0 Å². The molecule has 1 aliphatic carbocycles. The molecule has 4 saturated heterocycles. The molecule has 1 aromatic heterocycles. The molecule has 0 radical (unpaired) electrons. The van der Waals surface area contributed by atoms with Crippen LogP contribution in [0.2, 0.25) is 0 Å². The second-order valence-electron chi connectivity index (χ2n) is 26.0. The van der Waals surface area contributed by atoms with Crippen LogP contribution < -0.4 is 27.0 Å². The first-order chi connectivity index (χ1) is 47.6. The van der Waals surface area contributed by atoms with Gasteiger partial charge in [0.2, 0.25) is 54.9 Å². The number of nitrogens with two attached hydrogens (primary N) is 1. The smallest absolute Gasteiger partial charge is 0.453 e. The first-order valence-electron chi connectivity index (χ1n) is 33.5. The molecule has 6 aliphatic rings. The molecule has 6 N–H and O–H groups in total. The van der Waals surface area contributed by atoms with E-state index in [0.717, 1.165) is 61.8 Å². The van der Waals surface area contributed by atoms with Crippen LogP contribution in [0.4, 0.5) is 23.2 Å². The number of carbonyl (C=O) groups excluding carboxylic acids is 12. The Kier molecular flexibility index (Phi) is 25.3. The number of benzene rings is 2. The van der Waals surface area contributed by atoms with Crippen molar-refractivity contribution in [3.8, 4) is 11.8 Å². The predicted molar refractivity (Wildman–Crippen MR) is 351 cm³/mol. The van der Waals surface area contributed by atoms with E-state index >= 15 is 13.6 Å². The van der Waals surface area contributed by atoms with Crippen LogP contribution in [0, 0.1) is 23.7 Å². The Morgan fingerprint density at radius 3 is 2.15 bits per heavy atom. The highest BCUT2D eigenvalue weighted by atomic mass is 32.1. The van der Waals surface area contributed by atoms with Gasteiger partial charge in [0, 0.05) is 72.9 Å². The molecule has 100 heavy (non-hydrogen) atoms. The van der Waals surface area contributed by atoms with Gasteiger partial charge in [0.05, 0.1) is 30.7 Å². The van der Waals surface area contributed by atoms with E-state index in [0.29, 0.717) is 56.3 Å². The molecule has 5 fully saturated rings. The standard InChI is InChI=1S/C67H84F2N9O20PS/c1-38(2)97-65(89)93-36-95-99(91,96-37-94-66(90)98-39(3)4)67(68,69)44-18-23-52-43(32-44)33-53(100-52)60(84)72-49-35-76(64(88)92-5)31-28-45-19-21-51(78(45)62(49)86)59(83)71-48(20-24-54(70)79)57(81)74-56(42-14-7-6-8-15-42)63(87)75-29-26-40(27-30-75)12-9-10-13-41-16-11-17-46-47(41)34-77(61(46)85)50-22-25-55(80)73-58(50)82/h11,16-18,23,32-33,38-40,42,45,48-51,56H,6-9,12,14-15,19-22,24-31,34-37H2,1-5H3,(H2,70,79)(H,71,83)(H,72,84)(H,74,81)(H,73,80,82)/t45-,48+,49+,50?,51+,56+/m1/s1. The second-order valence-corrected chi connectivity index (χ2v) is 29.2. The van der Waals surface area contributed by atoms with Crippen molar-refractivity contribution in [3.05, 3.63) is 69.6 Å². The maximum atomic E-state index is 16.5. The first kappa shape index (κ1) is 75.4. The van der Waals surface area contributed by atoms with Gasteiger partial charge in [-0.05, 0) is 145 Å². The third kappa shape index (κ3) is 18.4. The van der Waals surface area contributed by atoms with Gasteiger partial charge in [-0.2, -0.15) is 8.78 Å². The number of rotatable bonds is 24. The van der Waals surface area contributed by atoms with Crippen molar-refractivity contribution in [1.82, 2.24) is 40.9 Å². The number of carbonyl (C=O) groups is 12. The summed E-state index contributed by atoms with van der Waals surface area (Å²) < 4.78 is 81.0. The van der Waals surface area contributed by atoms with Crippen molar-refractivity contribution < 1.29 is 104 Å². The number of ether oxygens (including phenoxy) is 5. The normalized spacial score (nSPS) is 20.6. The Bertz CT molecular complexity index is 3700. The summed E-state index contributed by atoms with van der Waals surface area (Å²) in [4.78, 5) is 167. The van der Waals surface area contributed by atoms with Gasteiger partial charge in [-0.3, -0.25) is 62.1 Å². The highest BCUT2D eigenvalue weighted by Gasteiger charge is 2.56. The molecule has 0 spiro atoms. The second kappa shape index (κ2) is 33.6. The fourth-order valence-corrected chi connectivity index (χ4v) is 15.6. The summed E-state index contributed by atoms with van der Waals surface area (Å²) in [5.74, 6) is 1.08. The molecule has 1 unspecified atom stereocenters. The number of primary amides is 1. The van der Waals surface area contributed by atoms with E-state index < -0.39 is 141 Å². The average Bonchev–Trinajstić information content (AvgIpc) is 1.31. The summed E-state index contributed by atoms with van der Waals surface area (Å²) in [6.07, 6.45) is 1.90. The highest BCUT2D eigenvalue weighted by Crippen LogP contribution is 2.67. The van der Waals surface area contributed by atoms with Crippen molar-refractivity contribution in [2.75, 3.05) is 46.9 Å². The zero-order chi connectivity index (χ0) is 72.2. The number of imide groups is 1. The van der Waals surface area contributed by atoms with Crippen molar-refractivity contribution in [2.45, 2.75) is 191 Å². The van der Waals surface area contributed by atoms with Gasteiger partial charge in [-0.15, -0.1) is 11.3 Å². The van der Waals surface area contributed by atoms with Crippen molar-refractivity contribution in [2.24, 2.45) is 17.6 Å². The lowest BCUT2D eigenvalue weighted by atomic mass is 9.82. The number of piperidine rings is 2. The van der Waals surface area contributed by atoms with E-state index in [-0.39, 0.29) is 103 Å². The summed E-state index contributed by atoms with van der Waals surface area (Å²) >= 11 is 0.814. The Morgan fingerprint density at radius 2 is 1.50 bits per heavy atom. The van der Waals surface area contributed by atoms with Crippen LogP contribution in [-0.4, -0.2) is 187 Å². The molecule has 6 atom stereocenters. The number of amides is 10. The molecule has 542 valence electrons. The lowest BCUT2D eigenvalue weighted by Gasteiger charge is -2.39. The molecular formula is C67H84F2N9O20PS. The van der Waals surface area contributed by atoms with Gasteiger partial charge >= 0.3 is 31.7 Å². The third-order valence-electron chi connectivity index (χ3n) is 18.5. The molecule has 3 aromatic rings. The zero-order valence-electron chi connectivity index (χ0n) is 56.2. The fraction of sp³-hybridized carbons (Fsp3) is 0.582. The number of halogens is 2. The number of alkyl halides is 2. The van der Waals surface area contributed by atoms with Gasteiger partial charge in [-0.25, -0.2) is 14.4 Å². The minimum absolute atomic E-state index is 0.00258. The van der Waals surface area contributed by atoms with E-state index in [1.807, 2.05) is 6.07 Å². The molecule has 6 heterocycles. The molecule has 0 bridgehead atoms. The number of nitrogens with zero attached hydrogens (tertiary/aromatic N) is 4. The van der Waals surface area contributed by atoms with Crippen LogP contribution in [-0.2, 0) is 83.1 Å². The van der Waals surface area contributed by atoms with Gasteiger partial charge in [0.25, 0.3) is 11.8 Å². The summed E-state index contributed by atoms with van der Waals surface area (Å²) in [6.45, 7) is 3.78. The van der Waals surface area contributed by atoms with E-state index in [1.54, 1.807) is 17.0 Å². The lowest BCUT2D eigenvalue weighted by Crippen LogP contribution is -2.62. The van der Waals surface area contributed by atoms with Gasteiger partial charge < -0.3 is 65.0 Å². The van der Waals surface area contributed by atoms with Crippen LogP contribution >= 0.6 is 18.9 Å². The average molecular weight is 1440 g/mol. The molecule has 33 heteroatoms. The van der Waals surface area contributed by atoms with Crippen LogP contribution in [0.25, 0.3) is 10.1 Å². The number of likely N-dealkylation sites (tertiary alicyclic amines) is 1. The maximum absolute atomic E-state index is 16.5. The van der Waals surface area contributed by atoms with Gasteiger partial charge in [0.15, 0.2) is 0 Å². The van der Waals surface area contributed by atoms with Crippen LogP contribution in [0.3, 0.4) is 0 Å². The number of thiophene rings is 1. The Balaban J connectivity index is 0.854. The number of hydrogen-bond donors (Lipinski definition) is 5. The maximum Gasteiger partial charge on any atom is 0.510 e. The SMILES string of the molecule is COC(=O)N1CC[C@H]2CC[C@@H](C(=O)N[C@@H](CCC(N)=O)C(=O)N[C@H](C(=O)N3CCC(CCC#Cc4cccc5c4CN(C4CCC(=O)NC4=O)C5=O)CC3)C3CCCCC3)N2C(=O)[C@@H](NC(=O)c2cc3cc(C(F)(F)P(=O)(OCOC(=O)OC(C)C)OCOC(=O)OC(C)C)ccc3s2)C1. The van der Waals surface area contributed by atoms with Crippen LogP contribution in [0.15, 0.2) is 42.5 Å². The highest BCUT2D eigenvalue weighted by molar-refractivity contribution is 7.54. The summed E-state index contributed by atoms with van der Waals surface area (Å²) in [6, 6.07) is 2.81. The third-order valence-corrected chi connectivity index (χ3v) is 21.5. The summed E-state index contributed by atoms with van der Waals surface area (Å²) in [5, 5.41) is 10.7. The topological polar surface area (TPSA) is 374 Å². The number of hydrogen-bond acceptors (Lipinski definition) is 21.